The Morgan fingerprint density at radius 3 is 2.44 bits per heavy atom. The van der Waals surface area contributed by atoms with Crippen molar-refractivity contribution in [2.24, 2.45) is 0 Å². The SMILES string of the molecule is CCCCOC(=O)c1ccccc1NC(=O)NCOc1ccccc1OC. The van der Waals surface area contributed by atoms with E-state index in [9.17, 15) is 9.59 Å². The van der Waals surface area contributed by atoms with Crippen molar-refractivity contribution in [2.45, 2.75) is 19.8 Å². The molecule has 0 saturated heterocycles. The molecule has 2 rings (SSSR count). The molecule has 2 aromatic rings. The Balaban J connectivity index is 1.89. The van der Waals surface area contributed by atoms with E-state index < -0.39 is 12.0 Å². The number of hydrogen-bond donors (Lipinski definition) is 2. The fourth-order valence-electron chi connectivity index (χ4n) is 2.24. The maximum atomic E-state index is 12.2. The average Bonchev–Trinajstić information content (AvgIpc) is 2.69. The molecule has 0 heterocycles. The van der Waals surface area contributed by atoms with E-state index in [2.05, 4.69) is 10.6 Å². The van der Waals surface area contributed by atoms with Gasteiger partial charge in [0.2, 0.25) is 0 Å². The molecule has 0 aromatic heterocycles. The Kier molecular flexibility index (Phi) is 7.96. The van der Waals surface area contributed by atoms with Gasteiger partial charge in [-0.05, 0) is 30.7 Å². The summed E-state index contributed by atoms with van der Waals surface area (Å²) in [7, 11) is 1.54. The highest BCUT2D eigenvalue weighted by molar-refractivity contribution is 6.00. The van der Waals surface area contributed by atoms with E-state index in [-0.39, 0.29) is 6.73 Å². The molecule has 0 radical (unpaired) electrons. The quantitative estimate of drug-likeness (QED) is 0.397. The van der Waals surface area contributed by atoms with Gasteiger partial charge in [-0.25, -0.2) is 9.59 Å². The van der Waals surface area contributed by atoms with Gasteiger partial charge in [-0.2, -0.15) is 0 Å². The van der Waals surface area contributed by atoms with E-state index in [0.717, 1.165) is 12.8 Å². The van der Waals surface area contributed by atoms with Crippen LogP contribution in [0.15, 0.2) is 48.5 Å². The van der Waals surface area contributed by atoms with Gasteiger partial charge < -0.3 is 24.8 Å². The minimum atomic E-state index is -0.501. The predicted molar refractivity (Wildman–Crippen MR) is 102 cm³/mol. The molecule has 2 amide bonds. The number of benzene rings is 2. The third kappa shape index (κ3) is 6.22. The monoisotopic (exact) mass is 372 g/mol. The largest absolute Gasteiger partial charge is 0.493 e. The smallest absolute Gasteiger partial charge is 0.340 e. The van der Waals surface area contributed by atoms with Crippen LogP contribution in [0, 0.1) is 0 Å². The van der Waals surface area contributed by atoms with Gasteiger partial charge in [0.15, 0.2) is 18.2 Å². The lowest BCUT2D eigenvalue weighted by molar-refractivity contribution is 0.0501. The number of unbranched alkanes of at least 4 members (excludes halogenated alkanes) is 1. The molecule has 0 fully saturated rings. The molecule has 2 aromatic carbocycles. The molecule has 0 aliphatic rings. The van der Waals surface area contributed by atoms with Crippen LogP contribution in [0.3, 0.4) is 0 Å². The molecule has 27 heavy (non-hydrogen) atoms. The molecular formula is C20H24N2O5. The molecule has 2 N–H and O–H groups in total. The second-order valence-electron chi connectivity index (χ2n) is 5.61. The second kappa shape index (κ2) is 10.7. The van der Waals surface area contributed by atoms with Crippen LogP contribution in [-0.4, -0.2) is 32.4 Å². The number of para-hydroxylation sites is 3. The zero-order valence-corrected chi connectivity index (χ0v) is 15.5. The lowest BCUT2D eigenvalue weighted by Crippen LogP contribution is -2.32. The summed E-state index contributed by atoms with van der Waals surface area (Å²) in [5.74, 6) is 0.615. The Morgan fingerprint density at radius 2 is 1.70 bits per heavy atom. The first-order valence-corrected chi connectivity index (χ1v) is 8.72. The van der Waals surface area contributed by atoms with Gasteiger partial charge in [-0.15, -0.1) is 0 Å². The molecule has 7 heteroatoms. The number of carbonyl (C=O) groups is 2. The maximum absolute atomic E-state index is 12.2. The van der Waals surface area contributed by atoms with Crippen LogP contribution in [0.5, 0.6) is 11.5 Å². The number of hydrogen-bond acceptors (Lipinski definition) is 5. The number of amides is 2. The van der Waals surface area contributed by atoms with Crippen molar-refractivity contribution in [1.29, 1.82) is 0 Å². The molecule has 0 aliphatic heterocycles. The van der Waals surface area contributed by atoms with Crippen molar-refractivity contribution in [2.75, 3.05) is 25.8 Å². The number of rotatable bonds is 9. The van der Waals surface area contributed by atoms with Gasteiger partial charge in [-0.1, -0.05) is 37.6 Å². The number of carbonyl (C=O) groups excluding carboxylic acids is 2. The first-order chi connectivity index (χ1) is 13.2. The Bertz CT molecular complexity index is 764. The number of esters is 1. The molecule has 0 unspecified atom stereocenters. The van der Waals surface area contributed by atoms with Gasteiger partial charge in [-0.3, -0.25) is 0 Å². The summed E-state index contributed by atoms with van der Waals surface area (Å²) in [6, 6.07) is 13.3. The van der Waals surface area contributed by atoms with Crippen LogP contribution < -0.4 is 20.1 Å². The average molecular weight is 372 g/mol. The number of urea groups is 1. The van der Waals surface area contributed by atoms with Crippen molar-refractivity contribution >= 4 is 17.7 Å². The van der Waals surface area contributed by atoms with Crippen molar-refractivity contribution in [3.8, 4) is 11.5 Å². The second-order valence-corrected chi connectivity index (χ2v) is 5.61. The first-order valence-electron chi connectivity index (χ1n) is 8.72. The van der Waals surface area contributed by atoms with Crippen LogP contribution in [0.4, 0.5) is 10.5 Å². The molecule has 7 nitrogen and oxygen atoms in total. The van der Waals surface area contributed by atoms with Gasteiger partial charge in [0, 0.05) is 0 Å². The normalized spacial score (nSPS) is 10.0. The number of anilines is 1. The van der Waals surface area contributed by atoms with Gasteiger partial charge in [0.05, 0.1) is 25.0 Å². The Morgan fingerprint density at radius 1 is 1.00 bits per heavy atom. The molecule has 0 aliphatic carbocycles. The number of methoxy groups -OCH3 is 1. The molecule has 0 bridgehead atoms. The summed E-state index contributed by atoms with van der Waals surface area (Å²) in [4.78, 5) is 24.3. The molecule has 0 saturated carbocycles. The minimum absolute atomic E-state index is 0.0602. The fraction of sp³-hybridized carbons (Fsp3) is 0.300. The van der Waals surface area contributed by atoms with Gasteiger partial charge in [0.25, 0.3) is 0 Å². The van der Waals surface area contributed by atoms with Crippen LogP contribution in [0.2, 0.25) is 0 Å². The Labute approximate surface area is 158 Å². The topological polar surface area (TPSA) is 85.9 Å². The summed E-state index contributed by atoms with van der Waals surface area (Å²) in [5.41, 5.74) is 0.670. The molecular weight excluding hydrogens is 348 g/mol. The molecule has 0 spiro atoms. The van der Waals surface area contributed by atoms with Crippen LogP contribution in [0.25, 0.3) is 0 Å². The van der Waals surface area contributed by atoms with E-state index in [1.54, 1.807) is 49.6 Å². The van der Waals surface area contributed by atoms with Crippen molar-refractivity contribution in [3.05, 3.63) is 54.1 Å². The maximum Gasteiger partial charge on any atom is 0.340 e. The summed E-state index contributed by atoms with van der Waals surface area (Å²) >= 11 is 0. The van der Waals surface area contributed by atoms with Gasteiger partial charge in [0.1, 0.15) is 0 Å². The third-order valence-corrected chi connectivity index (χ3v) is 3.66. The van der Waals surface area contributed by atoms with E-state index >= 15 is 0 Å². The standard InChI is InChI=1S/C20H24N2O5/c1-3-4-13-26-19(23)15-9-5-6-10-16(15)22-20(24)21-14-27-18-12-8-7-11-17(18)25-2/h5-12H,3-4,13-14H2,1-2H3,(H2,21,22,24). The van der Waals surface area contributed by atoms with E-state index in [4.69, 9.17) is 14.2 Å². The minimum Gasteiger partial charge on any atom is -0.493 e. The summed E-state index contributed by atoms with van der Waals surface area (Å²) in [6.07, 6.45) is 1.73. The van der Waals surface area contributed by atoms with Crippen LogP contribution in [0.1, 0.15) is 30.1 Å². The number of ether oxygens (including phenoxy) is 3. The van der Waals surface area contributed by atoms with E-state index in [1.807, 2.05) is 13.0 Å². The fourth-order valence-corrected chi connectivity index (χ4v) is 2.24. The van der Waals surface area contributed by atoms with Crippen molar-refractivity contribution < 1.29 is 23.8 Å². The molecule has 0 atom stereocenters. The first kappa shape index (κ1) is 20.1. The summed E-state index contributed by atoms with van der Waals surface area (Å²) in [6.45, 7) is 2.30. The lowest BCUT2D eigenvalue weighted by atomic mass is 10.2. The zero-order chi connectivity index (χ0) is 19.5. The highest BCUT2D eigenvalue weighted by Gasteiger charge is 2.14. The Hall–Kier alpha value is -3.22. The summed E-state index contributed by atoms with van der Waals surface area (Å²) < 4.78 is 15.9. The zero-order valence-electron chi connectivity index (χ0n) is 15.5. The van der Waals surface area contributed by atoms with E-state index in [0.29, 0.717) is 29.4 Å². The van der Waals surface area contributed by atoms with Gasteiger partial charge >= 0.3 is 12.0 Å². The number of nitrogens with one attached hydrogen (secondary N) is 2. The summed E-state index contributed by atoms with van der Waals surface area (Å²) in [5, 5.41) is 5.20. The molecule has 144 valence electrons. The van der Waals surface area contributed by atoms with E-state index in [1.165, 1.54) is 0 Å². The lowest BCUT2D eigenvalue weighted by Gasteiger charge is -2.13. The third-order valence-electron chi connectivity index (χ3n) is 3.66. The highest BCUT2D eigenvalue weighted by atomic mass is 16.5. The van der Waals surface area contributed by atoms with Crippen LogP contribution >= 0.6 is 0 Å². The van der Waals surface area contributed by atoms with Crippen LogP contribution in [-0.2, 0) is 4.74 Å². The van der Waals surface area contributed by atoms with Crippen molar-refractivity contribution in [3.63, 3.8) is 0 Å². The predicted octanol–water partition coefficient (Wildman–Crippen LogP) is 3.81. The van der Waals surface area contributed by atoms with Crippen molar-refractivity contribution in [1.82, 2.24) is 5.32 Å². The highest BCUT2D eigenvalue weighted by Crippen LogP contribution is 2.25.